The molecule has 0 saturated heterocycles. The molecule has 1 atom stereocenters. The number of hydrogen-bond donors (Lipinski definition) is 2. The first-order valence-electron chi connectivity index (χ1n) is 9.62. The standard InChI is InChI=1S/C20H22F5N3O2/c1-10(18(22)23)27-13-2-4-14(5-3-13)28-19(29)12-6-11-7-15(21)17(30-20(24)25)8-16(11)26-9-12/h6-10,13-14,18,20,27H,2-5H2,1H3,(H,28,29)/t10-,13-,14-/m1/s1. The van der Waals surface area contributed by atoms with Crippen LogP contribution in [-0.2, 0) is 0 Å². The van der Waals surface area contributed by atoms with Gasteiger partial charge in [0.2, 0.25) is 0 Å². The summed E-state index contributed by atoms with van der Waals surface area (Å²) < 4.78 is 67.9. The van der Waals surface area contributed by atoms with Crippen LogP contribution in [0.1, 0.15) is 43.0 Å². The van der Waals surface area contributed by atoms with Crippen molar-refractivity contribution in [1.82, 2.24) is 15.6 Å². The molecule has 0 spiro atoms. The van der Waals surface area contributed by atoms with Crippen LogP contribution < -0.4 is 15.4 Å². The summed E-state index contributed by atoms with van der Waals surface area (Å²) in [6.07, 6.45) is 1.46. The van der Waals surface area contributed by atoms with Crippen molar-refractivity contribution < 1.29 is 31.5 Å². The Morgan fingerprint density at radius 2 is 1.77 bits per heavy atom. The molecule has 1 fully saturated rings. The molecule has 1 aromatic carbocycles. The minimum absolute atomic E-state index is 0.0166. The van der Waals surface area contributed by atoms with Crippen LogP contribution in [0.3, 0.4) is 0 Å². The smallest absolute Gasteiger partial charge is 0.387 e. The molecule has 2 N–H and O–H groups in total. The van der Waals surface area contributed by atoms with E-state index in [1.165, 1.54) is 19.2 Å². The van der Waals surface area contributed by atoms with Crippen molar-refractivity contribution in [3.05, 3.63) is 35.8 Å². The van der Waals surface area contributed by atoms with E-state index >= 15 is 0 Å². The number of aromatic nitrogens is 1. The van der Waals surface area contributed by atoms with Crippen molar-refractivity contribution in [2.75, 3.05) is 0 Å². The normalized spacial score (nSPS) is 20.5. The highest BCUT2D eigenvalue weighted by atomic mass is 19.3. The molecular weight excluding hydrogens is 409 g/mol. The second-order valence-corrected chi connectivity index (χ2v) is 7.39. The minimum atomic E-state index is -3.16. The number of halogens is 5. The Balaban J connectivity index is 1.60. The number of rotatable bonds is 7. The van der Waals surface area contributed by atoms with E-state index in [0.29, 0.717) is 25.7 Å². The highest BCUT2D eigenvalue weighted by Gasteiger charge is 2.26. The average molecular weight is 431 g/mol. The van der Waals surface area contributed by atoms with Crippen LogP contribution in [-0.4, -0.2) is 42.1 Å². The van der Waals surface area contributed by atoms with Crippen molar-refractivity contribution in [2.24, 2.45) is 0 Å². The second kappa shape index (κ2) is 9.55. The van der Waals surface area contributed by atoms with Gasteiger partial charge in [0.25, 0.3) is 12.3 Å². The summed E-state index contributed by atoms with van der Waals surface area (Å²) >= 11 is 0. The topological polar surface area (TPSA) is 63.2 Å². The van der Waals surface area contributed by atoms with Gasteiger partial charge in [0.15, 0.2) is 11.6 Å². The molecule has 3 rings (SSSR count). The molecule has 2 aromatic rings. The Morgan fingerprint density at radius 1 is 1.10 bits per heavy atom. The van der Waals surface area contributed by atoms with Gasteiger partial charge in [-0.15, -0.1) is 0 Å². The summed E-state index contributed by atoms with van der Waals surface area (Å²) in [5.74, 6) is -1.99. The Kier molecular flexibility index (Phi) is 7.06. The number of benzene rings is 1. The lowest BCUT2D eigenvalue weighted by Crippen LogP contribution is -2.46. The number of carbonyl (C=O) groups excluding carboxylic acids is 1. The van der Waals surface area contributed by atoms with E-state index in [-0.39, 0.29) is 28.6 Å². The van der Waals surface area contributed by atoms with E-state index in [9.17, 15) is 26.7 Å². The van der Waals surface area contributed by atoms with Crippen LogP contribution in [0.5, 0.6) is 5.75 Å². The monoisotopic (exact) mass is 431 g/mol. The number of amides is 1. The number of fused-ring (bicyclic) bond motifs is 1. The number of carbonyl (C=O) groups is 1. The molecule has 164 valence electrons. The number of pyridine rings is 1. The Labute approximate surface area is 170 Å². The van der Waals surface area contributed by atoms with Crippen LogP contribution in [0.2, 0.25) is 0 Å². The summed E-state index contributed by atoms with van der Waals surface area (Å²) in [5.41, 5.74) is 0.416. The summed E-state index contributed by atoms with van der Waals surface area (Å²) in [7, 11) is 0. The van der Waals surface area contributed by atoms with Gasteiger partial charge in [-0.05, 0) is 44.7 Å². The van der Waals surface area contributed by atoms with Gasteiger partial charge in [-0.2, -0.15) is 8.78 Å². The third kappa shape index (κ3) is 5.56. The van der Waals surface area contributed by atoms with E-state index in [2.05, 4.69) is 20.4 Å². The Hall–Kier alpha value is -2.49. The van der Waals surface area contributed by atoms with Gasteiger partial charge in [0.05, 0.1) is 17.1 Å². The first kappa shape index (κ1) is 22.2. The maximum atomic E-state index is 13.9. The van der Waals surface area contributed by atoms with Crippen LogP contribution in [0.4, 0.5) is 22.0 Å². The lowest BCUT2D eigenvalue weighted by atomic mass is 9.90. The fourth-order valence-corrected chi connectivity index (χ4v) is 3.56. The van der Waals surface area contributed by atoms with Crippen LogP contribution in [0, 0.1) is 5.82 Å². The molecule has 0 aliphatic heterocycles. The fourth-order valence-electron chi connectivity index (χ4n) is 3.56. The zero-order valence-electron chi connectivity index (χ0n) is 16.2. The van der Waals surface area contributed by atoms with Crippen molar-refractivity contribution >= 4 is 16.8 Å². The molecule has 1 aliphatic rings. The van der Waals surface area contributed by atoms with Gasteiger partial charge in [-0.1, -0.05) is 0 Å². The fraction of sp³-hybridized carbons (Fsp3) is 0.500. The maximum Gasteiger partial charge on any atom is 0.387 e. The van der Waals surface area contributed by atoms with Gasteiger partial charge >= 0.3 is 6.61 Å². The largest absolute Gasteiger partial charge is 0.432 e. The van der Waals surface area contributed by atoms with Crippen molar-refractivity contribution in [2.45, 2.75) is 63.8 Å². The molecule has 0 radical (unpaired) electrons. The number of nitrogens with one attached hydrogen (secondary N) is 2. The van der Waals surface area contributed by atoms with Crippen LogP contribution >= 0.6 is 0 Å². The van der Waals surface area contributed by atoms with Crippen molar-refractivity contribution in [3.63, 3.8) is 0 Å². The van der Waals surface area contributed by atoms with Crippen molar-refractivity contribution in [3.8, 4) is 5.75 Å². The SMILES string of the molecule is C[C@@H](N[C@H]1CC[C@H](NC(=O)c2cnc3cc(OC(F)F)c(F)cc3c2)CC1)C(F)F. The third-order valence-corrected chi connectivity index (χ3v) is 5.15. The minimum Gasteiger partial charge on any atom is -0.432 e. The summed E-state index contributed by atoms with van der Waals surface area (Å²) in [6.45, 7) is -1.72. The lowest BCUT2D eigenvalue weighted by molar-refractivity contribution is -0.0520. The van der Waals surface area contributed by atoms with E-state index in [1.54, 1.807) is 0 Å². The molecule has 10 heteroatoms. The predicted molar refractivity (Wildman–Crippen MR) is 100 cm³/mol. The molecule has 0 bridgehead atoms. The van der Waals surface area contributed by atoms with E-state index in [4.69, 9.17) is 0 Å². The predicted octanol–water partition coefficient (Wildman–Crippen LogP) is 4.26. The average Bonchev–Trinajstić information content (AvgIpc) is 2.69. The lowest BCUT2D eigenvalue weighted by Gasteiger charge is -2.31. The molecule has 5 nitrogen and oxygen atoms in total. The number of ether oxygens (including phenoxy) is 1. The molecule has 1 amide bonds. The zero-order chi connectivity index (χ0) is 21.8. The molecule has 1 saturated carbocycles. The highest BCUT2D eigenvalue weighted by molar-refractivity contribution is 5.97. The molecule has 1 heterocycles. The third-order valence-electron chi connectivity index (χ3n) is 5.15. The summed E-state index contributed by atoms with van der Waals surface area (Å²) in [6, 6.07) is 2.45. The van der Waals surface area contributed by atoms with Gasteiger partial charge in [-0.25, -0.2) is 13.2 Å². The maximum absolute atomic E-state index is 13.9. The van der Waals surface area contributed by atoms with Crippen molar-refractivity contribution in [1.29, 1.82) is 0 Å². The molecule has 1 aromatic heterocycles. The van der Waals surface area contributed by atoms with Gasteiger partial charge < -0.3 is 15.4 Å². The molecule has 30 heavy (non-hydrogen) atoms. The summed E-state index contributed by atoms with van der Waals surface area (Å²) in [5, 5.41) is 6.05. The Morgan fingerprint density at radius 3 is 2.40 bits per heavy atom. The second-order valence-electron chi connectivity index (χ2n) is 7.39. The van der Waals surface area contributed by atoms with Crippen LogP contribution in [0.25, 0.3) is 10.9 Å². The number of hydrogen-bond acceptors (Lipinski definition) is 4. The van der Waals surface area contributed by atoms with Gasteiger partial charge in [-0.3, -0.25) is 9.78 Å². The zero-order valence-corrected chi connectivity index (χ0v) is 16.2. The van der Waals surface area contributed by atoms with E-state index < -0.39 is 36.6 Å². The van der Waals surface area contributed by atoms with Crippen LogP contribution in [0.15, 0.2) is 24.4 Å². The molecule has 1 aliphatic carbocycles. The number of nitrogens with zero attached hydrogens (tertiary/aromatic N) is 1. The van der Waals surface area contributed by atoms with E-state index in [1.807, 2.05) is 0 Å². The number of alkyl halides is 4. The quantitative estimate of drug-likeness (QED) is 0.643. The van der Waals surface area contributed by atoms with E-state index in [0.717, 1.165) is 12.1 Å². The Bertz CT molecular complexity index is 888. The molecular formula is C20H22F5N3O2. The molecule has 0 unspecified atom stereocenters. The highest BCUT2D eigenvalue weighted by Crippen LogP contribution is 2.26. The van der Waals surface area contributed by atoms with Gasteiger partial charge in [0.1, 0.15) is 0 Å². The first-order valence-corrected chi connectivity index (χ1v) is 9.62. The van der Waals surface area contributed by atoms with Gasteiger partial charge in [0, 0.05) is 29.7 Å². The first-order chi connectivity index (χ1) is 14.2. The summed E-state index contributed by atoms with van der Waals surface area (Å²) in [4.78, 5) is 16.6.